The van der Waals surface area contributed by atoms with Gasteiger partial charge in [-0.25, -0.2) is 4.79 Å². The molecule has 2 rings (SSSR count). The van der Waals surface area contributed by atoms with Crippen LogP contribution in [-0.2, 0) is 30.3 Å². The van der Waals surface area contributed by atoms with Crippen molar-refractivity contribution in [2.24, 2.45) is 11.8 Å². The molecule has 1 aromatic rings. The number of phenolic OH excluding ortho intramolecular Hbond substituents is 1. The molecule has 0 saturated carbocycles. The molecular weight excluding hydrogens is 617 g/mol. The molecule has 3 amide bonds. The summed E-state index contributed by atoms with van der Waals surface area (Å²) < 4.78 is 6.14. The van der Waals surface area contributed by atoms with Crippen LogP contribution in [0, 0.1) is 15.4 Å². The number of aliphatic hydroxyl groups excluding tert-OH is 1. The summed E-state index contributed by atoms with van der Waals surface area (Å²) in [6, 6.07) is 2.39. The molecule has 1 aliphatic heterocycles. The lowest BCUT2D eigenvalue weighted by molar-refractivity contribution is -0.156. The summed E-state index contributed by atoms with van der Waals surface area (Å²) in [5.41, 5.74) is 1.67. The smallest absolute Gasteiger partial charge is 0.331 e. The summed E-state index contributed by atoms with van der Waals surface area (Å²) in [6.45, 7) is 8.51. The summed E-state index contributed by atoms with van der Waals surface area (Å²) >= 11 is 1.96. The SMILES string of the molecule is CC1=C[C@H](C)C[C@H](C)OC(=O)[C@H]([C@@H](C)O)NC(=O)[C@@H](Cc2ccc(O)c(I)c2)N(C)C(=O)CNC(=O)[C@@H](C)C1. The minimum Gasteiger partial charge on any atom is -0.507 e. The van der Waals surface area contributed by atoms with Gasteiger partial charge in [0.15, 0.2) is 6.04 Å². The highest BCUT2D eigenvalue weighted by molar-refractivity contribution is 14.1. The fraction of sp³-hybridized carbons (Fsp3) is 0.571. The zero-order valence-corrected chi connectivity index (χ0v) is 25.5. The number of carbonyl (C=O) groups excluding carboxylic acids is 4. The molecule has 6 atom stereocenters. The second kappa shape index (κ2) is 14.6. The Kier molecular flexibility index (Phi) is 12.2. The summed E-state index contributed by atoms with van der Waals surface area (Å²) in [7, 11) is 1.44. The van der Waals surface area contributed by atoms with Gasteiger partial charge in [0.25, 0.3) is 0 Å². The lowest BCUT2D eigenvalue weighted by atomic mass is 9.96. The van der Waals surface area contributed by atoms with E-state index in [1.165, 1.54) is 24.9 Å². The molecule has 0 unspecified atom stereocenters. The first-order valence-electron chi connectivity index (χ1n) is 13.1. The van der Waals surface area contributed by atoms with Crippen molar-refractivity contribution in [2.75, 3.05) is 13.6 Å². The van der Waals surface area contributed by atoms with Crippen LogP contribution in [0.15, 0.2) is 29.8 Å². The van der Waals surface area contributed by atoms with Crippen LogP contribution in [-0.4, -0.2) is 76.7 Å². The molecule has 4 N–H and O–H groups in total. The van der Waals surface area contributed by atoms with E-state index in [-0.39, 0.29) is 36.5 Å². The van der Waals surface area contributed by atoms with Gasteiger partial charge >= 0.3 is 5.97 Å². The molecule has 0 spiro atoms. The maximum atomic E-state index is 13.5. The molecule has 0 bridgehead atoms. The summed E-state index contributed by atoms with van der Waals surface area (Å²) in [4.78, 5) is 53.5. The topological polar surface area (TPSA) is 145 Å². The lowest BCUT2D eigenvalue weighted by Gasteiger charge is -2.30. The average Bonchev–Trinajstić information content (AvgIpc) is 2.84. The highest BCUT2D eigenvalue weighted by Crippen LogP contribution is 2.22. The third-order valence-corrected chi connectivity index (χ3v) is 7.58. The summed E-state index contributed by atoms with van der Waals surface area (Å²) in [5, 5.41) is 25.4. The Hall–Kier alpha value is -2.67. The number of rotatable bonds is 3. The number of hydrogen-bond acceptors (Lipinski definition) is 7. The number of cyclic esters (lactones) is 1. The third-order valence-electron chi connectivity index (χ3n) is 6.72. The normalized spacial score (nSPS) is 27.4. The van der Waals surface area contributed by atoms with Gasteiger partial charge in [-0.05, 0) is 79.8 Å². The predicted molar refractivity (Wildman–Crippen MR) is 155 cm³/mol. The van der Waals surface area contributed by atoms with Gasteiger partial charge < -0.3 is 30.5 Å². The van der Waals surface area contributed by atoms with Crippen LogP contribution in [0.4, 0.5) is 0 Å². The number of halogens is 1. The Balaban J connectivity index is 2.43. The van der Waals surface area contributed by atoms with Crippen LogP contribution in [0.1, 0.15) is 53.0 Å². The van der Waals surface area contributed by atoms with Gasteiger partial charge in [-0.1, -0.05) is 31.6 Å². The number of likely N-dealkylation sites (N-methyl/N-ethyl adjacent to an activating group) is 1. The Morgan fingerprint density at radius 3 is 2.44 bits per heavy atom. The highest BCUT2D eigenvalue weighted by atomic mass is 127. The molecule has 1 aromatic carbocycles. The number of nitrogens with zero attached hydrogens (tertiary/aromatic N) is 1. The summed E-state index contributed by atoms with van der Waals surface area (Å²) in [5.74, 6) is -2.45. The predicted octanol–water partition coefficient (Wildman–Crippen LogP) is 2.29. The molecular formula is C28H40IN3O7. The van der Waals surface area contributed by atoms with Crippen LogP contribution in [0.25, 0.3) is 0 Å². The van der Waals surface area contributed by atoms with Crippen molar-refractivity contribution in [2.45, 2.75) is 78.2 Å². The van der Waals surface area contributed by atoms with Crippen molar-refractivity contribution >= 4 is 46.3 Å². The van der Waals surface area contributed by atoms with E-state index < -0.39 is 42.1 Å². The number of carbonyl (C=O) groups is 4. The fourth-order valence-corrected chi connectivity index (χ4v) is 5.19. The second-order valence-electron chi connectivity index (χ2n) is 10.5. The van der Waals surface area contributed by atoms with Gasteiger partial charge in [-0.3, -0.25) is 14.4 Å². The third kappa shape index (κ3) is 9.79. The molecule has 1 heterocycles. The number of aromatic hydroxyl groups is 1. The number of hydrogen-bond donors (Lipinski definition) is 4. The number of benzene rings is 1. The van der Waals surface area contributed by atoms with Gasteiger partial charge in [0.1, 0.15) is 11.8 Å². The van der Waals surface area contributed by atoms with Gasteiger partial charge in [0.2, 0.25) is 17.7 Å². The first kappa shape index (κ1) is 32.5. The molecule has 0 aromatic heterocycles. The zero-order chi connectivity index (χ0) is 29.4. The number of amides is 3. The Morgan fingerprint density at radius 2 is 1.82 bits per heavy atom. The molecule has 0 aliphatic carbocycles. The van der Waals surface area contributed by atoms with Crippen molar-refractivity contribution in [1.29, 1.82) is 0 Å². The maximum absolute atomic E-state index is 13.5. The van der Waals surface area contributed by atoms with Gasteiger partial charge in [0, 0.05) is 19.4 Å². The quantitative estimate of drug-likeness (QED) is 0.222. The van der Waals surface area contributed by atoms with Gasteiger partial charge in [0.05, 0.1) is 22.3 Å². The fourth-order valence-electron chi connectivity index (χ4n) is 4.61. The molecule has 0 radical (unpaired) electrons. The van der Waals surface area contributed by atoms with E-state index in [1.54, 1.807) is 26.0 Å². The number of ether oxygens (including phenoxy) is 1. The standard InChI is InChI=1S/C28H40IN3O7/c1-15-9-16(2)11-18(4)39-28(38)25(19(5)33)31-27(37)22(13-20-7-8-23(34)21(29)12-20)32(6)24(35)14-30-26(36)17(3)10-15/h7-9,12,16-19,22,25,33-34H,10-11,13-14H2,1-6H3,(H,30,36)(H,31,37)/t16-,17-,18-,19+,22+,25-/m0/s1. The van der Waals surface area contributed by atoms with E-state index >= 15 is 0 Å². The Morgan fingerprint density at radius 1 is 1.15 bits per heavy atom. The first-order chi connectivity index (χ1) is 18.2. The Bertz CT molecular complexity index is 1090. The molecule has 10 nitrogen and oxygen atoms in total. The van der Waals surface area contributed by atoms with E-state index in [4.69, 9.17) is 4.74 Å². The number of nitrogens with one attached hydrogen (secondary N) is 2. The van der Waals surface area contributed by atoms with Crippen molar-refractivity contribution in [3.05, 3.63) is 39.0 Å². The molecule has 1 aliphatic rings. The lowest BCUT2D eigenvalue weighted by Crippen LogP contribution is -2.57. The van der Waals surface area contributed by atoms with Crippen LogP contribution in [0.5, 0.6) is 5.75 Å². The zero-order valence-electron chi connectivity index (χ0n) is 23.4. The monoisotopic (exact) mass is 657 g/mol. The highest BCUT2D eigenvalue weighted by Gasteiger charge is 2.34. The summed E-state index contributed by atoms with van der Waals surface area (Å²) in [6.07, 6.45) is 1.36. The molecule has 39 heavy (non-hydrogen) atoms. The van der Waals surface area contributed by atoms with Crippen LogP contribution >= 0.6 is 22.6 Å². The van der Waals surface area contributed by atoms with Crippen LogP contribution in [0.3, 0.4) is 0 Å². The van der Waals surface area contributed by atoms with E-state index in [2.05, 4.69) is 10.6 Å². The number of allylic oxidation sites excluding steroid dienone is 2. The Labute approximate surface area is 243 Å². The van der Waals surface area contributed by atoms with Crippen LogP contribution < -0.4 is 10.6 Å². The molecule has 11 heteroatoms. The molecule has 216 valence electrons. The van der Waals surface area contributed by atoms with E-state index in [0.717, 1.165) is 5.57 Å². The first-order valence-corrected chi connectivity index (χ1v) is 14.1. The maximum Gasteiger partial charge on any atom is 0.331 e. The molecule has 0 fully saturated rings. The second-order valence-corrected chi connectivity index (χ2v) is 11.7. The number of esters is 1. The van der Waals surface area contributed by atoms with Gasteiger partial charge in [-0.15, -0.1) is 0 Å². The van der Waals surface area contributed by atoms with E-state index in [1.807, 2.05) is 42.5 Å². The minimum atomic E-state index is -1.35. The minimum absolute atomic E-state index is 0.0502. The number of phenols is 1. The van der Waals surface area contributed by atoms with Crippen molar-refractivity contribution in [3.8, 4) is 5.75 Å². The van der Waals surface area contributed by atoms with Crippen LogP contribution in [0.2, 0.25) is 0 Å². The largest absolute Gasteiger partial charge is 0.507 e. The number of aliphatic hydroxyl groups is 1. The van der Waals surface area contributed by atoms with Crippen molar-refractivity contribution in [1.82, 2.24) is 15.5 Å². The molecule has 0 saturated heterocycles. The van der Waals surface area contributed by atoms with E-state index in [9.17, 15) is 29.4 Å². The van der Waals surface area contributed by atoms with Gasteiger partial charge in [-0.2, -0.15) is 0 Å². The average molecular weight is 658 g/mol. The van der Waals surface area contributed by atoms with Crippen molar-refractivity contribution < 1.29 is 34.1 Å². The van der Waals surface area contributed by atoms with E-state index in [0.29, 0.717) is 22.0 Å². The van der Waals surface area contributed by atoms with Crippen molar-refractivity contribution in [3.63, 3.8) is 0 Å².